The maximum atomic E-state index is 13.7. The molecule has 8 heteroatoms. The predicted molar refractivity (Wildman–Crippen MR) is 139 cm³/mol. The topological polar surface area (TPSA) is 93.9 Å². The Morgan fingerprint density at radius 1 is 1.03 bits per heavy atom. The number of hydrogen-bond acceptors (Lipinski definition) is 5. The molecule has 2 aromatic heterocycles. The number of rotatable bonds is 4. The van der Waals surface area contributed by atoms with E-state index in [1.54, 1.807) is 4.68 Å². The Balaban J connectivity index is 1.27. The first kappa shape index (κ1) is 21.7. The quantitative estimate of drug-likeness (QED) is 0.384. The summed E-state index contributed by atoms with van der Waals surface area (Å²) in [7, 11) is -3.08. The van der Waals surface area contributed by atoms with Crippen molar-refractivity contribution in [3.05, 3.63) is 76.6 Å². The third kappa shape index (κ3) is 3.54. The molecule has 7 rings (SSSR count). The first-order valence-corrected chi connectivity index (χ1v) is 14.3. The van der Waals surface area contributed by atoms with Gasteiger partial charge in [-0.15, -0.1) is 0 Å². The molecule has 2 aromatic carbocycles. The Bertz CT molecular complexity index is 1680. The second-order valence-electron chi connectivity index (χ2n) is 10.3. The lowest BCUT2D eigenvalue weighted by Crippen LogP contribution is -2.15. The fraction of sp³-hybridized carbons (Fsp3) is 0.321. The number of sulfone groups is 1. The second kappa shape index (κ2) is 7.74. The zero-order valence-corrected chi connectivity index (χ0v) is 20.8. The molecular formula is C28H26N4O3S. The summed E-state index contributed by atoms with van der Waals surface area (Å²) in [5.74, 6) is 0.380. The molecule has 3 aliphatic rings. The zero-order chi connectivity index (χ0) is 24.6. The van der Waals surface area contributed by atoms with Gasteiger partial charge >= 0.3 is 0 Å². The maximum Gasteiger partial charge on any atom is 0.256 e. The Morgan fingerprint density at radius 3 is 2.61 bits per heavy atom. The smallest absolute Gasteiger partial charge is 0.256 e. The van der Waals surface area contributed by atoms with Crippen molar-refractivity contribution in [3.8, 4) is 11.1 Å². The molecule has 0 radical (unpaired) electrons. The van der Waals surface area contributed by atoms with Gasteiger partial charge in [0.1, 0.15) is 0 Å². The first-order valence-electron chi connectivity index (χ1n) is 12.5. The van der Waals surface area contributed by atoms with Crippen LogP contribution in [0.1, 0.15) is 64.1 Å². The van der Waals surface area contributed by atoms with Crippen molar-refractivity contribution in [1.29, 1.82) is 0 Å². The van der Waals surface area contributed by atoms with Gasteiger partial charge in [0.15, 0.2) is 15.5 Å². The van der Waals surface area contributed by atoms with Crippen LogP contribution in [0.2, 0.25) is 0 Å². The molecule has 7 nitrogen and oxygen atoms in total. The summed E-state index contributed by atoms with van der Waals surface area (Å²) in [6.45, 7) is 1.87. The summed E-state index contributed by atoms with van der Waals surface area (Å²) in [4.78, 5) is 18.6. The number of fused-ring (bicyclic) bond motifs is 4. The number of carbonyl (C=O) groups excluding carboxylic acids is 1. The normalized spacial score (nSPS) is 19.9. The van der Waals surface area contributed by atoms with E-state index < -0.39 is 9.84 Å². The monoisotopic (exact) mass is 498 g/mol. The van der Waals surface area contributed by atoms with Gasteiger partial charge in [0.2, 0.25) is 0 Å². The summed E-state index contributed by atoms with van der Waals surface area (Å²) in [5.41, 5.74) is 8.50. The highest BCUT2D eigenvalue weighted by Gasteiger charge is 2.34. The van der Waals surface area contributed by atoms with Gasteiger partial charge in [-0.05, 0) is 73.1 Å². The minimum atomic E-state index is -3.08. The number of benzene rings is 2. The van der Waals surface area contributed by atoms with E-state index in [9.17, 15) is 13.2 Å². The zero-order valence-electron chi connectivity index (χ0n) is 20.0. The number of nitrogens with zero attached hydrogens (tertiary/aromatic N) is 3. The van der Waals surface area contributed by atoms with Gasteiger partial charge in [-0.1, -0.05) is 30.3 Å². The molecule has 182 valence electrons. The van der Waals surface area contributed by atoms with Crippen LogP contribution in [0.25, 0.3) is 22.2 Å². The van der Waals surface area contributed by atoms with Gasteiger partial charge in [-0.2, -0.15) is 5.10 Å². The number of aromatic nitrogens is 3. The van der Waals surface area contributed by atoms with Gasteiger partial charge in [0.05, 0.1) is 34.2 Å². The Kier molecular flexibility index (Phi) is 4.67. The fourth-order valence-electron chi connectivity index (χ4n) is 5.74. The van der Waals surface area contributed by atoms with Crippen molar-refractivity contribution in [1.82, 2.24) is 14.8 Å². The van der Waals surface area contributed by atoms with Gasteiger partial charge in [0, 0.05) is 17.3 Å². The van der Waals surface area contributed by atoms with Crippen LogP contribution in [0.15, 0.2) is 48.5 Å². The maximum absolute atomic E-state index is 13.7. The van der Waals surface area contributed by atoms with Gasteiger partial charge in [-0.3, -0.25) is 4.79 Å². The van der Waals surface area contributed by atoms with E-state index in [0.29, 0.717) is 34.6 Å². The molecule has 0 bridgehead atoms. The van der Waals surface area contributed by atoms with Crippen LogP contribution in [-0.4, -0.2) is 40.6 Å². The summed E-state index contributed by atoms with van der Waals surface area (Å²) in [6.07, 6.45) is 3.48. The molecule has 1 atom stereocenters. The van der Waals surface area contributed by atoms with Crippen LogP contribution in [0.5, 0.6) is 0 Å². The molecule has 3 heterocycles. The SMILES string of the molecule is Cc1nn(C2CCS(=O)(=O)C2)c2nc(C3CC3)cc(C(=O)Nc3ccc4c(c3)Cc3ccccc3-4)c12. The molecule has 1 aliphatic heterocycles. The number of amides is 1. The highest BCUT2D eigenvalue weighted by Crippen LogP contribution is 2.41. The van der Waals surface area contributed by atoms with Gasteiger partial charge < -0.3 is 5.32 Å². The molecule has 2 aliphatic carbocycles. The van der Waals surface area contributed by atoms with Crippen molar-refractivity contribution >= 4 is 32.5 Å². The van der Waals surface area contributed by atoms with E-state index in [0.717, 1.165) is 30.6 Å². The van der Waals surface area contributed by atoms with Gasteiger partial charge in [-0.25, -0.2) is 18.1 Å². The molecule has 36 heavy (non-hydrogen) atoms. The summed E-state index contributed by atoms with van der Waals surface area (Å²) in [5, 5.41) is 8.50. The van der Waals surface area contributed by atoms with E-state index in [2.05, 4.69) is 46.8 Å². The van der Waals surface area contributed by atoms with E-state index >= 15 is 0 Å². The van der Waals surface area contributed by atoms with Crippen LogP contribution in [-0.2, 0) is 16.3 Å². The number of pyridine rings is 1. The lowest BCUT2D eigenvalue weighted by molar-refractivity contribution is 0.102. The van der Waals surface area contributed by atoms with E-state index in [1.807, 2.05) is 19.1 Å². The van der Waals surface area contributed by atoms with Crippen LogP contribution in [0, 0.1) is 6.92 Å². The fourth-order valence-corrected chi connectivity index (χ4v) is 7.44. The van der Waals surface area contributed by atoms with Crippen LogP contribution < -0.4 is 5.32 Å². The van der Waals surface area contributed by atoms with Gasteiger partial charge in [0.25, 0.3) is 5.91 Å². The molecule has 0 spiro atoms. The van der Waals surface area contributed by atoms with Crippen molar-refractivity contribution in [2.24, 2.45) is 0 Å². The largest absolute Gasteiger partial charge is 0.322 e. The van der Waals surface area contributed by atoms with Crippen molar-refractivity contribution in [2.45, 2.75) is 44.6 Å². The van der Waals surface area contributed by atoms with E-state index in [4.69, 9.17) is 4.98 Å². The molecule has 1 amide bonds. The van der Waals surface area contributed by atoms with Crippen molar-refractivity contribution in [3.63, 3.8) is 0 Å². The summed E-state index contributed by atoms with van der Waals surface area (Å²) < 4.78 is 26.1. The number of nitrogens with one attached hydrogen (secondary N) is 1. The molecule has 1 saturated carbocycles. The Morgan fingerprint density at radius 2 is 1.83 bits per heavy atom. The highest BCUT2D eigenvalue weighted by molar-refractivity contribution is 7.91. The van der Waals surface area contributed by atoms with Crippen LogP contribution >= 0.6 is 0 Å². The summed E-state index contributed by atoms with van der Waals surface area (Å²) in [6, 6.07) is 16.2. The average Bonchev–Trinajstić information content (AvgIpc) is 3.45. The van der Waals surface area contributed by atoms with Crippen molar-refractivity contribution < 1.29 is 13.2 Å². The predicted octanol–water partition coefficient (Wildman–Crippen LogP) is 4.80. The minimum Gasteiger partial charge on any atom is -0.322 e. The van der Waals surface area contributed by atoms with Crippen LogP contribution in [0.4, 0.5) is 5.69 Å². The molecule has 2 fully saturated rings. The lowest BCUT2D eigenvalue weighted by Gasteiger charge is -2.12. The molecule has 1 unspecified atom stereocenters. The molecule has 4 aromatic rings. The standard InChI is InChI=1S/C28H26N4O3S/c1-16-26-24(28(33)29-20-8-9-23-19(13-20)12-18-4-2-3-5-22(18)23)14-25(17-6-7-17)30-27(26)32(31-16)21-10-11-36(34,35)15-21/h2-5,8-9,13-14,17,21H,6-7,10-12,15H2,1H3,(H,29,33). The first-order chi connectivity index (χ1) is 17.4. The minimum absolute atomic E-state index is 0.0671. The Labute approximate surface area is 209 Å². The van der Waals surface area contributed by atoms with E-state index in [-0.39, 0.29) is 23.5 Å². The molecule has 1 saturated heterocycles. The lowest BCUT2D eigenvalue weighted by atomic mass is 10.0. The third-order valence-corrected chi connectivity index (χ3v) is 9.45. The summed E-state index contributed by atoms with van der Waals surface area (Å²) >= 11 is 0. The third-order valence-electron chi connectivity index (χ3n) is 7.70. The molecular weight excluding hydrogens is 472 g/mol. The van der Waals surface area contributed by atoms with E-state index in [1.165, 1.54) is 22.3 Å². The number of aryl methyl sites for hydroxylation is 1. The van der Waals surface area contributed by atoms with Crippen LogP contribution in [0.3, 0.4) is 0 Å². The Hall–Kier alpha value is -3.52. The average molecular weight is 499 g/mol. The number of hydrogen-bond donors (Lipinski definition) is 1. The highest BCUT2D eigenvalue weighted by atomic mass is 32.2. The molecule has 1 N–H and O–H groups in total. The number of carbonyl (C=O) groups is 1. The number of anilines is 1. The van der Waals surface area contributed by atoms with Crippen molar-refractivity contribution in [2.75, 3.05) is 16.8 Å². The second-order valence-corrected chi connectivity index (χ2v) is 12.5.